The second-order valence-electron chi connectivity index (χ2n) is 3.81. The van der Waals surface area contributed by atoms with Crippen LogP contribution >= 0.6 is 11.6 Å². The first-order valence-electron chi connectivity index (χ1n) is 5.47. The van der Waals surface area contributed by atoms with Crippen molar-refractivity contribution in [3.8, 4) is 6.07 Å². The lowest BCUT2D eigenvalue weighted by molar-refractivity contribution is 0.788. The van der Waals surface area contributed by atoms with Crippen LogP contribution in [0.2, 0.25) is 5.02 Å². The minimum Gasteiger partial charge on any atom is -0.383 e. The van der Waals surface area contributed by atoms with Gasteiger partial charge in [0.15, 0.2) is 0 Å². The third-order valence-electron chi connectivity index (χ3n) is 2.59. The molecule has 0 saturated heterocycles. The third-order valence-corrected chi connectivity index (χ3v) is 2.91. The van der Waals surface area contributed by atoms with Gasteiger partial charge in [0.1, 0.15) is 18.2 Å². The largest absolute Gasteiger partial charge is 0.383 e. The second kappa shape index (κ2) is 5.52. The van der Waals surface area contributed by atoms with E-state index in [1.807, 2.05) is 23.7 Å². The molecular weight excluding hydrogens is 250 g/mol. The molecule has 92 valence electrons. The van der Waals surface area contributed by atoms with Crippen LogP contribution in [0.1, 0.15) is 11.4 Å². The lowest BCUT2D eigenvalue weighted by Crippen LogP contribution is -2.09. The molecule has 0 saturated carbocycles. The maximum atomic E-state index is 9.03. The minimum absolute atomic E-state index is 0.459. The van der Waals surface area contributed by atoms with Crippen LogP contribution < -0.4 is 5.32 Å². The molecule has 1 aromatic carbocycles. The van der Waals surface area contributed by atoms with Gasteiger partial charge in [-0.1, -0.05) is 17.7 Å². The zero-order valence-corrected chi connectivity index (χ0v) is 10.6. The maximum Gasteiger partial charge on any atom is 0.134 e. The van der Waals surface area contributed by atoms with Crippen molar-refractivity contribution in [2.24, 2.45) is 7.05 Å². The Balaban J connectivity index is 2.01. The van der Waals surface area contributed by atoms with Gasteiger partial charge in [-0.3, -0.25) is 0 Å². The van der Waals surface area contributed by atoms with Gasteiger partial charge in [-0.2, -0.15) is 5.26 Å². The normalized spacial score (nSPS) is 10.1. The van der Waals surface area contributed by atoms with E-state index >= 15 is 0 Å². The van der Waals surface area contributed by atoms with Gasteiger partial charge in [0.05, 0.1) is 16.3 Å². The SMILES string of the molecule is Cn1cnnc1CCNc1cccc(Cl)c1C#N. The van der Waals surface area contributed by atoms with E-state index in [2.05, 4.69) is 21.6 Å². The molecule has 2 rings (SSSR count). The molecule has 0 unspecified atom stereocenters. The fourth-order valence-electron chi connectivity index (χ4n) is 1.63. The van der Waals surface area contributed by atoms with Crippen LogP contribution in [0.4, 0.5) is 5.69 Å². The van der Waals surface area contributed by atoms with Gasteiger partial charge >= 0.3 is 0 Å². The summed E-state index contributed by atoms with van der Waals surface area (Å²) in [6.07, 6.45) is 2.39. The summed E-state index contributed by atoms with van der Waals surface area (Å²) >= 11 is 5.94. The number of hydrogen-bond acceptors (Lipinski definition) is 4. The predicted octanol–water partition coefficient (Wildman–Crippen LogP) is 1.99. The Bertz CT molecular complexity index is 584. The van der Waals surface area contributed by atoms with Crippen molar-refractivity contribution in [3.05, 3.63) is 40.9 Å². The van der Waals surface area contributed by atoms with E-state index in [-0.39, 0.29) is 0 Å². The summed E-state index contributed by atoms with van der Waals surface area (Å²) in [5.74, 6) is 0.892. The van der Waals surface area contributed by atoms with E-state index in [0.717, 1.165) is 17.9 Å². The maximum absolute atomic E-state index is 9.03. The first kappa shape index (κ1) is 12.4. The Morgan fingerprint density at radius 2 is 2.33 bits per heavy atom. The number of hydrogen-bond donors (Lipinski definition) is 1. The molecule has 5 nitrogen and oxygen atoms in total. The van der Waals surface area contributed by atoms with Gasteiger partial charge in [-0.25, -0.2) is 0 Å². The number of rotatable bonds is 4. The van der Waals surface area contributed by atoms with Gasteiger partial charge in [0, 0.05) is 20.0 Å². The summed E-state index contributed by atoms with van der Waals surface area (Å²) in [7, 11) is 1.90. The fourth-order valence-corrected chi connectivity index (χ4v) is 1.84. The molecule has 0 aliphatic rings. The summed E-state index contributed by atoms with van der Waals surface area (Å²) in [4.78, 5) is 0. The van der Waals surface area contributed by atoms with Crippen molar-refractivity contribution < 1.29 is 0 Å². The number of nitrogens with zero attached hydrogens (tertiary/aromatic N) is 4. The highest BCUT2D eigenvalue weighted by atomic mass is 35.5. The molecule has 0 amide bonds. The van der Waals surface area contributed by atoms with Gasteiger partial charge in [0.2, 0.25) is 0 Å². The van der Waals surface area contributed by atoms with Gasteiger partial charge in [0.25, 0.3) is 0 Å². The molecule has 0 bridgehead atoms. The Kier molecular flexibility index (Phi) is 3.80. The number of halogens is 1. The highest BCUT2D eigenvalue weighted by Crippen LogP contribution is 2.22. The van der Waals surface area contributed by atoms with E-state index in [0.29, 0.717) is 17.1 Å². The summed E-state index contributed by atoms with van der Waals surface area (Å²) in [5.41, 5.74) is 1.21. The van der Waals surface area contributed by atoms with Gasteiger partial charge in [-0.05, 0) is 12.1 Å². The number of anilines is 1. The zero-order chi connectivity index (χ0) is 13.0. The van der Waals surface area contributed by atoms with Crippen LogP contribution in [0.15, 0.2) is 24.5 Å². The molecule has 6 heteroatoms. The van der Waals surface area contributed by atoms with E-state index in [1.54, 1.807) is 12.4 Å². The number of benzene rings is 1. The Morgan fingerprint density at radius 3 is 3.00 bits per heavy atom. The molecule has 0 radical (unpaired) electrons. The van der Waals surface area contributed by atoms with Gasteiger partial charge < -0.3 is 9.88 Å². The highest BCUT2D eigenvalue weighted by molar-refractivity contribution is 6.32. The first-order valence-corrected chi connectivity index (χ1v) is 5.85. The summed E-state index contributed by atoms with van der Waals surface area (Å²) in [5, 5.41) is 20.5. The van der Waals surface area contributed by atoms with Crippen LogP contribution in [0.25, 0.3) is 0 Å². The average Bonchev–Trinajstić information content (AvgIpc) is 2.75. The number of nitrogens with one attached hydrogen (secondary N) is 1. The summed E-state index contributed by atoms with van der Waals surface area (Å²) in [6.45, 7) is 0.668. The minimum atomic E-state index is 0.459. The molecule has 2 aromatic rings. The summed E-state index contributed by atoms with van der Waals surface area (Å²) < 4.78 is 1.87. The second-order valence-corrected chi connectivity index (χ2v) is 4.22. The fraction of sp³-hybridized carbons (Fsp3) is 0.250. The Labute approximate surface area is 110 Å². The third kappa shape index (κ3) is 2.60. The Hall–Kier alpha value is -2.06. The van der Waals surface area contributed by atoms with Crippen molar-refractivity contribution >= 4 is 17.3 Å². The summed E-state index contributed by atoms with van der Waals surface area (Å²) in [6, 6.07) is 7.44. The molecule has 1 heterocycles. The van der Waals surface area contributed by atoms with Crippen LogP contribution in [-0.4, -0.2) is 21.3 Å². The van der Waals surface area contributed by atoms with E-state index < -0.39 is 0 Å². The van der Waals surface area contributed by atoms with Crippen molar-refractivity contribution in [2.45, 2.75) is 6.42 Å². The van der Waals surface area contributed by atoms with Crippen molar-refractivity contribution in [2.75, 3.05) is 11.9 Å². The van der Waals surface area contributed by atoms with Crippen LogP contribution in [0.3, 0.4) is 0 Å². The molecule has 0 atom stereocenters. The molecule has 0 spiro atoms. The van der Waals surface area contributed by atoms with Gasteiger partial charge in [-0.15, -0.1) is 10.2 Å². The van der Waals surface area contributed by atoms with Crippen LogP contribution in [0, 0.1) is 11.3 Å². The molecule has 18 heavy (non-hydrogen) atoms. The first-order chi connectivity index (χ1) is 8.72. The molecule has 1 aromatic heterocycles. The number of aryl methyl sites for hydroxylation is 1. The monoisotopic (exact) mass is 261 g/mol. The smallest absolute Gasteiger partial charge is 0.134 e. The molecule has 0 aliphatic carbocycles. The van der Waals surface area contributed by atoms with Crippen molar-refractivity contribution in [3.63, 3.8) is 0 Å². The number of aromatic nitrogens is 3. The van der Waals surface area contributed by atoms with Crippen LogP contribution in [0.5, 0.6) is 0 Å². The molecule has 1 N–H and O–H groups in total. The highest BCUT2D eigenvalue weighted by Gasteiger charge is 2.06. The van der Waals surface area contributed by atoms with E-state index in [1.165, 1.54) is 0 Å². The Morgan fingerprint density at radius 1 is 1.50 bits per heavy atom. The van der Waals surface area contributed by atoms with E-state index in [9.17, 15) is 0 Å². The molecule has 0 fully saturated rings. The predicted molar refractivity (Wildman–Crippen MR) is 69.4 cm³/mol. The molecule has 0 aliphatic heterocycles. The number of nitriles is 1. The lowest BCUT2D eigenvalue weighted by atomic mass is 10.2. The average molecular weight is 262 g/mol. The molecular formula is C12H12ClN5. The lowest BCUT2D eigenvalue weighted by Gasteiger charge is -2.08. The van der Waals surface area contributed by atoms with Crippen LogP contribution in [-0.2, 0) is 13.5 Å². The topological polar surface area (TPSA) is 66.5 Å². The van der Waals surface area contributed by atoms with Crippen molar-refractivity contribution in [1.29, 1.82) is 5.26 Å². The van der Waals surface area contributed by atoms with Crippen molar-refractivity contribution in [1.82, 2.24) is 14.8 Å². The van der Waals surface area contributed by atoms with E-state index in [4.69, 9.17) is 16.9 Å². The standard InChI is InChI=1S/C12H12ClN5/c1-18-8-16-17-12(18)5-6-15-11-4-2-3-10(13)9(11)7-14/h2-4,8,15H,5-6H2,1H3. The quantitative estimate of drug-likeness (QED) is 0.914. The zero-order valence-electron chi connectivity index (χ0n) is 9.89.